The van der Waals surface area contributed by atoms with Gasteiger partial charge < -0.3 is 20.1 Å². The first-order valence-electron chi connectivity index (χ1n) is 9.47. The van der Waals surface area contributed by atoms with Crippen molar-refractivity contribution >= 4 is 17.7 Å². The van der Waals surface area contributed by atoms with Crippen molar-refractivity contribution in [3.05, 3.63) is 53.7 Å². The van der Waals surface area contributed by atoms with E-state index in [0.717, 1.165) is 11.3 Å². The van der Waals surface area contributed by atoms with E-state index in [1.807, 2.05) is 36.1 Å². The minimum absolute atomic E-state index is 0.151. The number of aliphatic carboxylic acids is 1. The van der Waals surface area contributed by atoms with Crippen LogP contribution in [0, 0.1) is 11.3 Å². The van der Waals surface area contributed by atoms with Crippen LogP contribution >= 0.6 is 0 Å². The van der Waals surface area contributed by atoms with Crippen molar-refractivity contribution < 1.29 is 19.4 Å². The Labute approximate surface area is 163 Å². The third-order valence-corrected chi connectivity index (χ3v) is 5.71. The number of pyridine rings is 1. The van der Waals surface area contributed by atoms with Crippen LogP contribution in [0.3, 0.4) is 0 Å². The van der Waals surface area contributed by atoms with Gasteiger partial charge in [0.25, 0.3) is 5.91 Å². The smallest absolute Gasteiger partial charge is 0.312 e. The molecular formula is C21H23N3O4. The molecule has 7 nitrogen and oxygen atoms in total. The fourth-order valence-electron chi connectivity index (χ4n) is 4.17. The zero-order valence-electron chi connectivity index (χ0n) is 15.7. The maximum atomic E-state index is 12.4. The number of hydrogen-bond acceptors (Lipinski definition) is 5. The molecule has 3 heterocycles. The van der Waals surface area contributed by atoms with Gasteiger partial charge in [0.15, 0.2) is 0 Å². The standard InChI is InChI=1S/C21H23N3O4/c1-2-22-19(25)15-7-8-18(23-10-15)24-11-16-12-28-17-6-4-3-5-14(17)9-21(16,13-24)20(26)27/h3-8,10,16H,2,9,11-13H2,1H3,(H,22,25)(H,26,27)/t16-,21+/m0/s1. The fourth-order valence-corrected chi connectivity index (χ4v) is 4.17. The number of carboxylic acids is 1. The molecule has 2 atom stereocenters. The molecule has 1 fully saturated rings. The van der Waals surface area contributed by atoms with Gasteiger partial charge in [-0.15, -0.1) is 0 Å². The van der Waals surface area contributed by atoms with Crippen molar-refractivity contribution in [2.45, 2.75) is 13.3 Å². The zero-order valence-corrected chi connectivity index (χ0v) is 15.7. The monoisotopic (exact) mass is 381 g/mol. The first-order chi connectivity index (χ1) is 13.5. The number of benzene rings is 1. The summed E-state index contributed by atoms with van der Waals surface area (Å²) in [6.07, 6.45) is 1.96. The number of carbonyl (C=O) groups is 2. The average Bonchev–Trinajstić information content (AvgIpc) is 2.99. The van der Waals surface area contributed by atoms with Crippen LogP contribution in [-0.2, 0) is 11.2 Å². The van der Waals surface area contributed by atoms with Crippen LogP contribution < -0.4 is 15.0 Å². The van der Waals surface area contributed by atoms with Gasteiger partial charge in [0.1, 0.15) is 11.6 Å². The molecule has 1 saturated heterocycles. The van der Waals surface area contributed by atoms with Gasteiger partial charge in [-0.3, -0.25) is 9.59 Å². The second-order valence-electron chi connectivity index (χ2n) is 7.40. The molecule has 2 N–H and O–H groups in total. The Morgan fingerprint density at radius 2 is 2.14 bits per heavy atom. The molecule has 28 heavy (non-hydrogen) atoms. The number of fused-ring (bicyclic) bond motifs is 2. The average molecular weight is 381 g/mol. The summed E-state index contributed by atoms with van der Waals surface area (Å²) in [4.78, 5) is 30.7. The Morgan fingerprint density at radius 3 is 2.86 bits per heavy atom. The Kier molecular flexibility index (Phi) is 4.66. The van der Waals surface area contributed by atoms with Gasteiger partial charge >= 0.3 is 5.97 Å². The molecule has 1 aromatic carbocycles. The van der Waals surface area contributed by atoms with Crippen LogP contribution in [0.2, 0.25) is 0 Å². The van der Waals surface area contributed by atoms with E-state index in [1.54, 1.807) is 12.1 Å². The second-order valence-corrected chi connectivity index (χ2v) is 7.40. The Morgan fingerprint density at radius 1 is 1.32 bits per heavy atom. The van der Waals surface area contributed by atoms with Crippen molar-refractivity contribution in [1.29, 1.82) is 0 Å². The van der Waals surface area contributed by atoms with Crippen LogP contribution in [-0.4, -0.2) is 48.2 Å². The lowest BCUT2D eigenvalue weighted by molar-refractivity contribution is -0.150. The number of hydrogen-bond donors (Lipinski definition) is 2. The number of aromatic nitrogens is 1. The van der Waals surface area contributed by atoms with E-state index >= 15 is 0 Å². The van der Waals surface area contributed by atoms with Crippen LogP contribution in [0.4, 0.5) is 5.82 Å². The summed E-state index contributed by atoms with van der Waals surface area (Å²) in [6.45, 7) is 3.68. The molecule has 146 valence electrons. The minimum Gasteiger partial charge on any atom is -0.493 e. The summed E-state index contributed by atoms with van der Waals surface area (Å²) in [6, 6.07) is 11.1. The highest BCUT2D eigenvalue weighted by atomic mass is 16.5. The van der Waals surface area contributed by atoms with Crippen molar-refractivity contribution in [2.24, 2.45) is 11.3 Å². The number of nitrogens with one attached hydrogen (secondary N) is 1. The molecule has 2 aliphatic rings. The summed E-state index contributed by atoms with van der Waals surface area (Å²) < 4.78 is 5.94. The third-order valence-electron chi connectivity index (χ3n) is 5.71. The van der Waals surface area contributed by atoms with Gasteiger partial charge in [-0.1, -0.05) is 18.2 Å². The molecule has 0 saturated carbocycles. The maximum Gasteiger partial charge on any atom is 0.312 e. The molecule has 2 aliphatic heterocycles. The number of amides is 1. The lowest BCUT2D eigenvalue weighted by atomic mass is 9.74. The molecule has 0 spiro atoms. The van der Waals surface area contributed by atoms with Crippen LogP contribution in [0.5, 0.6) is 5.75 Å². The number of ether oxygens (including phenoxy) is 1. The van der Waals surface area contributed by atoms with Gasteiger partial charge in [0, 0.05) is 31.7 Å². The highest BCUT2D eigenvalue weighted by molar-refractivity contribution is 5.94. The fraction of sp³-hybridized carbons (Fsp3) is 0.381. The third kappa shape index (κ3) is 3.06. The number of anilines is 1. The van der Waals surface area contributed by atoms with Gasteiger partial charge in [-0.2, -0.15) is 0 Å². The molecule has 7 heteroatoms. The minimum atomic E-state index is -0.924. The van der Waals surface area contributed by atoms with Gasteiger partial charge in [0.05, 0.1) is 17.6 Å². The normalized spacial score (nSPS) is 23.2. The topological polar surface area (TPSA) is 91.8 Å². The molecule has 0 radical (unpaired) electrons. The van der Waals surface area contributed by atoms with E-state index in [2.05, 4.69) is 10.3 Å². The molecule has 0 bridgehead atoms. The van der Waals surface area contributed by atoms with Gasteiger partial charge in [0.2, 0.25) is 0 Å². The van der Waals surface area contributed by atoms with Crippen LogP contribution in [0.15, 0.2) is 42.6 Å². The molecule has 2 aromatic rings. The van der Waals surface area contributed by atoms with E-state index in [0.29, 0.717) is 44.0 Å². The number of rotatable bonds is 4. The maximum absolute atomic E-state index is 12.4. The van der Waals surface area contributed by atoms with Crippen molar-refractivity contribution in [1.82, 2.24) is 10.3 Å². The SMILES string of the molecule is CCNC(=O)c1ccc(N2C[C@H]3COc4ccccc4C[C@@]3(C(=O)O)C2)nc1. The van der Waals surface area contributed by atoms with E-state index in [-0.39, 0.29) is 11.8 Å². The van der Waals surface area contributed by atoms with Gasteiger partial charge in [-0.05, 0) is 37.1 Å². The highest BCUT2D eigenvalue weighted by Crippen LogP contribution is 2.44. The quantitative estimate of drug-likeness (QED) is 0.841. The Bertz CT molecular complexity index is 899. The molecule has 4 rings (SSSR count). The van der Waals surface area contributed by atoms with Crippen molar-refractivity contribution in [3.63, 3.8) is 0 Å². The second kappa shape index (κ2) is 7.14. The first-order valence-corrected chi connectivity index (χ1v) is 9.47. The molecular weight excluding hydrogens is 358 g/mol. The predicted molar refractivity (Wildman–Crippen MR) is 104 cm³/mol. The lowest BCUT2D eigenvalue weighted by Gasteiger charge is -2.27. The van der Waals surface area contributed by atoms with Gasteiger partial charge in [-0.25, -0.2) is 4.98 Å². The number of carboxylic acid groups (broad SMARTS) is 1. The van der Waals surface area contributed by atoms with Crippen molar-refractivity contribution in [2.75, 3.05) is 31.1 Å². The Hall–Kier alpha value is -3.09. The lowest BCUT2D eigenvalue weighted by Crippen LogP contribution is -2.42. The van der Waals surface area contributed by atoms with E-state index < -0.39 is 11.4 Å². The predicted octanol–water partition coefficient (Wildman–Crippen LogP) is 1.97. The van der Waals surface area contributed by atoms with Crippen molar-refractivity contribution in [3.8, 4) is 5.75 Å². The largest absolute Gasteiger partial charge is 0.493 e. The summed E-state index contributed by atoms with van der Waals surface area (Å²) in [7, 11) is 0. The summed E-state index contributed by atoms with van der Waals surface area (Å²) in [5, 5.41) is 12.9. The van der Waals surface area contributed by atoms with E-state index in [4.69, 9.17) is 4.74 Å². The van der Waals surface area contributed by atoms with E-state index in [1.165, 1.54) is 6.20 Å². The molecule has 0 unspecified atom stereocenters. The van der Waals surface area contributed by atoms with Crippen LogP contribution in [0.1, 0.15) is 22.8 Å². The molecule has 1 amide bonds. The summed E-state index contributed by atoms with van der Waals surface area (Å²) in [5.74, 6) is 0.324. The summed E-state index contributed by atoms with van der Waals surface area (Å²) >= 11 is 0. The molecule has 1 aromatic heterocycles. The van der Waals surface area contributed by atoms with Crippen LogP contribution in [0.25, 0.3) is 0 Å². The molecule has 0 aliphatic carbocycles. The highest BCUT2D eigenvalue weighted by Gasteiger charge is 2.54. The number of carbonyl (C=O) groups excluding carboxylic acids is 1. The first kappa shape index (κ1) is 18.3. The summed E-state index contributed by atoms with van der Waals surface area (Å²) in [5.41, 5.74) is 0.491. The number of nitrogens with zero attached hydrogens (tertiary/aromatic N) is 2. The Balaban J connectivity index is 1.60. The van der Waals surface area contributed by atoms with E-state index in [9.17, 15) is 14.7 Å². The number of para-hydroxylation sites is 1. The zero-order chi connectivity index (χ0) is 19.7.